The zero-order valence-corrected chi connectivity index (χ0v) is 23.0. The molecule has 1 atom stereocenters. The van der Waals surface area contributed by atoms with E-state index in [0.29, 0.717) is 23.3 Å². The standard InChI is InChI=1S/C27H27BrN4O3S/c1-17-5-8-21(9-6-17)16-35-25-12-10-22(28)14-24(25)26(15-31(33)34)36-27-30-29-20(4)32(27)23-11-7-18(2)19(3)13-23/h5-14,26H,15-16H2,1-4H3/t26-/m0/s1. The van der Waals surface area contributed by atoms with Crippen molar-refractivity contribution < 1.29 is 9.66 Å². The van der Waals surface area contributed by atoms with Crippen molar-refractivity contribution in [2.45, 2.75) is 44.7 Å². The van der Waals surface area contributed by atoms with Crippen LogP contribution in [-0.4, -0.2) is 26.2 Å². The summed E-state index contributed by atoms with van der Waals surface area (Å²) in [7, 11) is 0. The van der Waals surface area contributed by atoms with E-state index in [1.165, 1.54) is 22.9 Å². The van der Waals surface area contributed by atoms with Crippen LogP contribution in [-0.2, 0) is 6.61 Å². The average molecular weight is 568 g/mol. The SMILES string of the molecule is Cc1ccc(COc2ccc(Br)cc2[C@H](C[N+](=O)[O-])Sc2nnc(C)n2-c2ccc(C)c(C)c2)cc1. The molecule has 9 heteroatoms. The fraction of sp³-hybridized carbons (Fsp3) is 0.259. The molecule has 1 aromatic heterocycles. The predicted molar refractivity (Wildman–Crippen MR) is 146 cm³/mol. The number of hydrogen-bond donors (Lipinski definition) is 0. The van der Waals surface area contributed by atoms with Crippen LogP contribution >= 0.6 is 27.7 Å². The molecule has 0 amide bonds. The Kier molecular flexibility index (Phi) is 8.11. The van der Waals surface area contributed by atoms with Crippen molar-refractivity contribution >= 4 is 27.7 Å². The molecule has 7 nitrogen and oxygen atoms in total. The molecule has 4 aromatic rings. The van der Waals surface area contributed by atoms with Crippen molar-refractivity contribution in [3.05, 3.63) is 109 Å². The monoisotopic (exact) mass is 566 g/mol. The highest BCUT2D eigenvalue weighted by atomic mass is 79.9. The average Bonchev–Trinajstić information content (AvgIpc) is 3.20. The molecule has 0 fully saturated rings. The van der Waals surface area contributed by atoms with E-state index in [1.807, 2.05) is 66.9 Å². The van der Waals surface area contributed by atoms with Crippen LogP contribution in [0.5, 0.6) is 5.75 Å². The molecule has 0 aliphatic heterocycles. The molecule has 0 unspecified atom stereocenters. The summed E-state index contributed by atoms with van der Waals surface area (Å²) in [5.41, 5.74) is 6.19. The van der Waals surface area contributed by atoms with Gasteiger partial charge in [0.15, 0.2) is 5.16 Å². The summed E-state index contributed by atoms with van der Waals surface area (Å²) in [4.78, 5) is 11.4. The molecule has 0 bridgehead atoms. The first-order valence-electron chi connectivity index (χ1n) is 11.5. The largest absolute Gasteiger partial charge is 0.489 e. The zero-order chi connectivity index (χ0) is 25.8. The van der Waals surface area contributed by atoms with Crippen LogP contribution in [0.1, 0.15) is 38.9 Å². The molecular formula is C27H27BrN4O3S. The molecule has 0 saturated carbocycles. The van der Waals surface area contributed by atoms with Crippen LogP contribution < -0.4 is 4.74 Å². The van der Waals surface area contributed by atoms with Crippen LogP contribution in [0, 0.1) is 37.8 Å². The van der Waals surface area contributed by atoms with Crippen LogP contribution in [0.3, 0.4) is 0 Å². The lowest BCUT2D eigenvalue weighted by molar-refractivity contribution is -0.479. The summed E-state index contributed by atoms with van der Waals surface area (Å²) >= 11 is 4.84. The van der Waals surface area contributed by atoms with E-state index in [1.54, 1.807) is 0 Å². The minimum atomic E-state index is -0.542. The molecule has 4 rings (SSSR count). The Morgan fingerprint density at radius 2 is 1.75 bits per heavy atom. The third kappa shape index (κ3) is 6.14. The summed E-state index contributed by atoms with van der Waals surface area (Å²) < 4.78 is 8.93. The molecular weight excluding hydrogens is 540 g/mol. The van der Waals surface area contributed by atoms with Crippen molar-refractivity contribution in [2.75, 3.05) is 6.54 Å². The van der Waals surface area contributed by atoms with E-state index in [2.05, 4.69) is 52.1 Å². The summed E-state index contributed by atoms with van der Waals surface area (Å²) in [5, 5.41) is 20.4. The van der Waals surface area contributed by atoms with Crippen molar-refractivity contribution in [1.29, 1.82) is 0 Å². The maximum absolute atomic E-state index is 11.7. The molecule has 0 saturated heterocycles. The van der Waals surface area contributed by atoms with Gasteiger partial charge in [0.25, 0.3) is 0 Å². The smallest absolute Gasteiger partial charge is 0.220 e. The fourth-order valence-corrected chi connectivity index (χ4v) is 5.36. The fourth-order valence-electron chi connectivity index (χ4n) is 3.79. The summed E-state index contributed by atoms with van der Waals surface area (Å²) in [5.74, 6) is 1.32. The van der Waals surface area contributed by atoms with Gasteiger partial charge in [-0.1, -0.05) is 63.6 Å². The second-order valence-corrected chi connectivity index (χ2v) is 10.8. The quantitative estimate of drug-likeness (QED) is 0.124. The summed E-state index contributed by atoms with van der Waals surface area (Å²) in [6, 6.07) is 19.9. The Morgan fingerprint density at radius 1 is 1.00 bits per heavy atom. The number of ether oxygens (including phenoxy) is 1. The highest BCUT2D eigenvalue weighted by Gasteiger charge is 2.27. The van der Waals surface area contributed by atoms with Crippen LogP contribution in [0.25, 0.3) is 5.69 Å². The van der Waals surface area contributed by atoms with Crippen molar-refractivity contribution in [3.8, 4) is 11.4 Å². The lowest BCUT2D eigenvalue weighted by atomic mass is 10.1. The lowest BCUT2D eigenvalue weighted by Gasteiger charge is -2.19. The number of rotatable bonds is 9. The maximum atomic E-state index is 11.7. The molecule has 0 aliphatic rings. The third-order valence-corrected chi connectivity index (χ3v) is 7.60. The molecule has 0 radical (unpaired) electrons. The van der Waals surface area contributed by atoms with E-state index in [9.17, 15) is 10.1 Å². The molecule has 0 N–H and O–H groups in total. The Hall–Kier alpha value is -3.17. The van der Waals surface area contributed by atoms with Crippen molar-refractivity contribution in [3.63, 3.8) is 0 Å². The minimum absolute atomic E-state index is 0.291. The van der Waals surface area contributed by atoms with Gasteiger partial charge in [-0.25, -0.2) is 0 Å². The van der Waals surface area contributed by atoms with Gasteiger partial charge < -0.3 is 4.74 Å². The zero-order valence-electron chi connectivity index (χ0n) is 20.6. The van der Waals surface area contributed by atoms with E-state index >= 15 is 0 Å². The molecule has 186 valence electrons. The van der Waals surface area contributed by atoms with E-state index < -0.39 is 5.25 Å². The maximum Gasteiger partial charge on any atom is 0.220 e. The first-order valence-corrected chi connectivity index (χ1v) is 13.1. The van der Waals surface area contributed by atoms with Crippen molar-refractivity contribution in [1.82, 2.24) is 14.8 Å². The summed E-state index contributed by atoms with van der Waals surface area (Å²) in [6.45, 7) is 8.11. The van der Waals surface area contributed by atoms with Gasteiger partial charge in [-0.3, -0.25) is 14.7 Å². The Balaban J connectivity index is 1.68. The number of nitrogens with zero attached hydrogens (tertiary/aromatic N) is 4. The van der Waals surface area contributed by atoms with Crippen LogP contribution in [0.4, 0.5) is 0 Å². The molecule has 3 aromatic carbocycles. The topological polar surface area (TPSA) is 83.1 Å². The van der Waals surface area contributed by atoms with E-state index in [4.69, 9.17) is 4.74 Å². The van der Waals surface area contributed by atoms with Gasteiger partial charge in [-0.05, 0) is 74.7 Å². The second-order valence-electron chi connectivity index (χ2n) is 8.71. The van der Waals surface area contributed by atoms with Crippen molar-refractivity contribution in [2.24, 2.45) is 0 Å². The van der Waals surface area contributed by atoms with Gasteiger partial charge in [0.1, 0.15) is 23.4 Å². The lowest BCUT2D eigenvalue weighted by Crippen LogP contribution is -2.13. The van der Waals surface area contributed by atoms with E-state index in [0.717, 1.165) is 26.9 Å². The van der Waals surface area contributed by atoms with Gasteiger partial charge >= 0.3 is 0 Å². The Bertz CT molecular complexity index is 1390. The van der Waals surface area contributed by atoms with Crippen LogP contribution in [0.15, 0.2) is 70.3 Å². The highest BCUT2D eigenvalue weighted by Crippen LogP contribution is 2.41. The number of hydrogen-bond acceptors (Lipinski definition) is 6. The summed E-state index contributed by atoms with van der Waals surface area (Å²) in [6.07, 6.45) is 0. The molecule has 1 heterocycles. The van der Waals surface area contributed by atoms with E-state index in [-0.39, 0.29) is 11.5 Å². The van der Waals surface area contributed by atoms with Gasteiger partial charge in [-0.2, -0.15) is 0 Å². The van der Waals surface area contributed by atoms with Gasteiger partial charge in [0.2, 0.25) is 6.54 Å². The molecule has 0 aliphatic carbocycles. The molecule has 36 heavy (non-hydrogen) atoms. The van der Waals surface area contributed by atoms with Crippen LogP contribution in [0.2, 0.25) is 0 Å². The normalized spacial score (nSPS) is 11.9. The number of nitro groups is 1. The van der Waals surface area contributed by atoms with Gasteiger partial charge in [0.05, 0.1) is 0 Å². The van der Waals surface area contributed by atoms with Gasteiger partial charge in [0, 0.05) is 20.6 Å². The molecule has 0 spiro atoms. The predicted octanol–water partition coefficient (Wildman–Crippen LogP) is 6.95. The second kappa shape index (κ2) is 11.3. The third-order valence-electron chi connectivity index (χ3n) is 5.94. The minimum Gasteiger partial charge on any atom is -0.489 e. The number of benzene rings is 3. The van der Waals surface area contributed by atoms with Gasteiger partial charge in [-0.15, -0.1) is 10.2 Å². The number of aromatic nitrogens is 3. The number of halogens is 1. The number of aryl methyl sites for hydroxylation is 4. The highest BCUT2D eigenvalue weighted by molar-refractivity contribution is 9.10. The Morgan fingerprint density at radius 3 is 2.44 bits per heavy atom. The number of thioether (sulfide) groups is 1. The first-order chi connectivity index (χ1) is 17.2. The Labute approximate surface area is 223 Å². The first kappa shape index (κ1) is 25.9.